The average Bonchev–Trinajstić information content (AvgIpc) is 2.40. The summed E-state index contributed by atoms with van der Waals surface area (Å²) in [5, 5.41) is 0. The van der Waals surface area contributed by atoms with Crippen LogP contribution in [0.5, 0.6) is 0 Å². The Balaban J connectivity index is 2.33. The number of nitrogens with zero attached hydrogens (tertiary/aromatic N) is 2. The smallest absolute Gasteiger partial charge is 0.324 e. The van der Waals surface area contributed by atoms with Gasteiger partial charge in [0.2, 0.25) is 0 Å². The maximum Gasteiger partial charge on any atom is 0.324 e. The summed E-state index contributed by atoms with van der Waals surface area (Å²) in [6.07, 6.45) is 1.94. The van der Waals surface area contributed by atoms with E-state index in [1.165, 1.54) is 0 Å². The van der Waals surface area contributed by atoms with Crippen LogP contribution in [0.2, 0.25) is 0 Å². The van der Waals surface area contributed by atoms with Gasteiger partial charge in [-0.05, 0) is 44.4 Å². The van der Waals surface area contributed by atoms with Crippen molar-refractivity contribution in [3.05, 3.63) is 23.8 Å². The van der Waals surface area contributed by atoms with Crippen molar-refractivity contribution in [1.82, 2.24) is 4.90 Å². The topological polar surface area (TPSA) is 49.6 Å². The predicted octanol–water partition coefficient (Wildman–Crippen LogP) is 2.48. The average molecular weight is 247 g/mol. The van der Waals surface area contributed by atoms with Gasteiger partial charge in [0.1, 0.15) is 0 Å². The van der Waals surface area contributed by atoms with Crippen molar-refractivity contribution in [3.63, 3.8) is 0 Å². The molecule has 4 heteroatoms. The number of fused-ring (bicyclic) bond motifs is 1. The first-order valence-corrected chi connectivity index (χ1v) is 6.62. The Morgan fingerprint density at radius 1 is 1.39 bits per heavy atom. The van der Waals surface area contributed by atoms with E-state index in [0.717, 1.165) is 49.4 Å². The molecule has 4 nitrogen and oxygen atoms in total. The number of benzene rings is 1. The molecule has 0 fully saturated rings. The predicted molar refractivity (Wildman–Crippen MR) is 74.8 cm³/mol. The zero-order chi connectivity index (χ0) is 13.1. The van der Waals surface area contributed by atoms with Crippen molar-refractivity contribution in [2.24, 2.45) is 0 Å². The van der Waals surface area contributed by atoms with Crippen LogP contribution in [0.25, 0.3) is 0 Å². The minimum atomic E-state index is 0.0894. The maximum absolute atomic E-state index is 12.4. The summed E-state index contributed by atoms with van der Waals surface area (Å²) < 4.78 is 0. The number of anilines is 2. The highest BCUT2D eigenvalue weighted by molar-refractivity contribution is 5.94. The molecule has 0 aliphatic carbocycles. The Morgan fingerprint density at radius 2 is 2.11 bits per heavy atom. The summed E-state index contributed by atoms with van der Waals surface area (Å²) in [6, 6.07) is 5.91. The summed E-state index contributed by atoms with van der Waals surface area (Å²) >= 11 is 0. The zero-order valence-corrected chi connectivity index (χ0v) is 11.1. The number of hydrogen-bond acceptors (Lipinski definition) is 2. The largest absolute Gasteiger partial charge is 0.398 e. The maximum atomic E-state index is 12.4. The fraction of sp³-hybridized carbons (Fsp3) is 0.500. The van der Waals surface area contributed by atoms with Gasteiger partial charge >= 0.3 is 6.03 Å². The van der Waals surface area contributed by atoms with Crippen molar-refractivity contribution < 1.29 is 4.79 Å². The number of carbonyl (C=O) groups is 1. The van der Waals surface area contributed by atoms with Crippen molar-refractivity contribution in [3.8, 4) is 0 Å². The van der Waals surface area contributed by atoms with Gasteiger partial charge in [-0.1, -0.05) is 6.07 Å². The summed E-state index contributed by atoms with van der Waals surface area (Å²) in [6.45, 7) is 6.27. The van der Waals surface area contributed by atoms with E-state index in [4.69, 9.17) is 5.73 Å². The monoisotopic (exact) mass is 247 g/mol. The second-order valence-corrected chi connectivity index (χ2v) is 4.55. The Morgan fingerprint density at radius 3 is 2.78 bits per heavy atom. The Labute approximate surface area is 108 Å². The number of rotatable bonds is 2. The highest BCUT2D eigenvalue weighted by atomic mass is 16.2. The summed E-state index contributed by atoms with van der Waals surface area (Å²) in [7, 11) is 0. The lowest BCUT2D eigenvalue weighted by Crippen LogP contribution is -2.45. The van der Waals surface area contributed by atoms with Gasteiger partial charge in [-0.2, -0.15) is 0 Å². The minimum Gasteiger partial charge on any atom is -0.398 e. The Bertz CT molecular complexity index is 441. The number of nitrogens with two attached hydrogens (primary N) is 1. The highest BCUT2D eigenvalue weighted by Crippen LogP contribution is 2.31. The summed E-state index contributed by atoms with van der Waals surface area (Å²) in [4.78, 5) is 16.2. The van der Waals surface area contributed by atoms with Gasteiger partial charge in [-0.15, -0.1) is 0 Å². The normalized spacial score (nSPS) is 14.2. The lowest BCUT2D eigenvalue weighted by atomic mass is 10.0. The Kier molecular flexibility index (Phi) is 3.75. The summed E-state index contributed by atoms with van der Waals surface area (Å²) in [5.74, 6) is 0. The molecular formula is C14H21N3O. The van der Waals surface area contributed by atoms with Crippen molar-refractivity contribution >= 4 is 17.4 Å². The van der Waals surface area contributed by atoms with Gasteiger partial charge < -0.3 is 10.6 Å². The first kappa shape index (κ1) is 12.7. The molecular weight excluding hydrogens is 226 g/mol. The first-order valence-electron chi connectivity index (χ1n) is 6.62. The minimum absolute atomic E-state index is 0.0894. The number of amides is 2. The van der Waals surface area contributed by atoms with Gasteiger partial charge in [0.15, 0.2) is 0 Å². The molecule has 0 aromatic heterocycles. The lowest BCUT2D eigenvalue weighted by Gasteiger charge is -2.34. The van der Waals surface area contributed by atoms with Gasteiger partial charge in [-0.25, -0.2) is 4.79 Å². The van der Waals surface area contributed by atoms with Crippen LogP contribution in [0.3, 0.4) is 0 Å². The molecule has 1 heterocycles. The fourth-order valence-corrected chi connectivity index (χ4v) is 2.52. The molecule has 0 unspecified atom stereocenters. The molecule has 0 radical (unpaired) electrons. The Hall–Kier alpha value is -1.71. The van der Waals surface area contributed by atoms with Crippen molar-refractivity contribution in [1.29, 1.82) is 0 Å². The van der Waals surface area contributed by atoms with E-state index in [9.17, 15) is 4.79 Å². The second kappa shape index (κ2) is 5.29. The summed E-state index contributed by atoms with van der Waals surface area (Å²) in [5.41, 5.74) is 8.89. The number of carbonyl (C=O) groups excluding carboxylic acids is 1. The highest BCUT2D eigenvalue weighted by Gasteiger charge is 2.26. The number of urea groups is 1. The molecule has 0 saturated heterocycles. The van der Waals surface area contributed by atoms with E-state index in [2.05, 4.69) is 0 Å². The van der Waals surface area contributed by atoms with E-state index < -0.39 is 0 Å². The van der Waals surface area contributed by atoms with Crippen LogP contribution in [-0.4, -0.2) is 30.6 Å². The second-order valence-electron chi connectivity index (χ2n) is 4.55. The third-order valence-corrected chi connectivity index (χ3v) is 3.55. The molecule has 0 saturated carbocycles. The lowest BCUT2D eigenvalue weighted by molar-refractivity contribution is 0.209. The van der Waals surface area contributed by atoms with E-state index in [1.807, 2.05) is 41.8 Å². The van der Waals surface area contributed by atoms with Gasteiger partial charge in [-0.3, -0.25) is 4.90 Å². The molecule has 2 amide bonds. The molecule has 0 atom stereocenters. The quantitative estimate of drug-likeness (QED) is 0.816. The van der Waals surface area contributed by atoms with E-state index in [0.29, 0.717) is 0 Å². The van der Waals surface area contributed by atoms with Gasteiger partial charge in [0, 0.05) is 25.3 Å². The molecule has 0 bridgehead atoms. The molecule has 0 spiro atoms. The van der Waals surface area contributed by atoms with Crippen LogP contribution < -0.4 is 10.6 Å². The first-order chi connectivity index (χ1) is 8.69. The van der Waals surface area contributed by atoms with E-state index in [-0.39, 0.29) is 6.03 Å². The van der Waals surface area contributed by atoms with E-state index in [1.54, 1.807) is 0 Å². The molecule has 1 aliphatic rings. The van der Waals surface area contributed by atoms with Crippen LogP contribution in [0.1, 0.15) is 25.8 Å². The number of nitrogen functional groups attached to an aromatic ring is 1. The molecule has 1 aliphatic heterocycles. The standard InChI is InChI=1S/C14H21N3O/c1-3-16(4-2)14(18)17-10-6-7-11-12(15)8-5-9-13(11)17/h5,8-9H,3-4,6-7,10,15H2,1-2H3. The molecule has 18 heavy (non-hydrogen) atoms. The van der Waals surface area contributed by atoms with Crippen LogP contribution >= 0.6 is 0 Å². The SMILES string of the molecule is CCN(CC)C(=O)N1CCCc2c(N)cccc21. The molecule has 2 N–H and O–H groups in total. The van der Waals surface area contributed by atoms with Gasteiger partial charge in [0.25, 0.3) is 0 Å². The van der Waals surface area contributed by atoms with Crippen LogP contribution in [0.4, 0.5) is 16.2 Å². The van der Waals surface area contributed by atoms with Crippen molar-refractivity contribution in [2.75, 3.05) is 30.3 Å². The third-order valence-electron chi connectivity index (χ3n) is 3.55. The third kappa shape index (κ3) is 2.15. The van der Waals surface area contributed by atoms with Crippen LogP contribution in [-0.2, 0) is 6.42 Å². The molecule has 98 valence electrons. The molecule has 1 aromatic carbocycles. The fourth-order valence-electron chi connectivity index (χ4n) is 2.52. The van der Waals surface area contributed by atoms with Crippen LogP contribution in [0, 0.1) is 0 Å². The van der Waals surface area contributed by atoms with Gasteiger partial charge in [0.05, 0.1) is 5.69 Å². The number of hydrogen-bond donors (Lipinski definition) is 1. The zero-order valence-electron chi connectivity index (χ0n) is 11.1. The molecule has 2 rings (SSSR count). The van der Waals surface area contributed by atoms with Crippen molar-refractivity contribution in [2.45, 2.75) is 26.7 Å². The van der Waals surface area contributed by atoms with E-state index >= 15 is 0 Å². The van der Waals surface area contributed by atoms with Crippen LogP contribution in [0.15, 0.2) is 18.2 Å². The molecule has 1 aromatic rings.